The second kappa shape index (κ2) is 6.48. The molecule has 1 aliphatic rings. The minimum absolute atomic E-state index is 0.184. The first-order chi connectivity index (χ1) is 7.67. The van der Waals surface area contributed by atoms with E-state index in [1.807, 2.05) is 0 Å². The lowest BCUT2D eigenvalue weighted by Gasteiger charge is -2.16. The molecule has 1 N–H and O–H groups in total. The number of rotatable bonds is 7. The Morgan fingerprint density at radius 3 is 2.56 bits per heavy atom. The number of carbonyl (C=O) groups is 2. The number of nitrogens with zero attached hydrogens (tertiary/aromatic N) is 1. The number of amides is 3. The summed E-state index contributed by atoms with van der Waals surface area (Å²) >= 11 is 0. The molecule has 1 aliphatic heterocycles. The molecule has 0 aromatic heterocycles. The van der Waals surface area contributed by atoms with E-state index in [9.17, 15) is 9.59 Å². The lowest BCUT2D eigenvalue weighted by atomic mass is 10.2. The van der Waals surface area contributed by atoms with Gasteiger partial charge in [0.05, 0.1) is 6.10 Å². The van der Waals surface area contributed by atoms with E-state index in [0.717, 1.165) is 19.3 Å². The zero-order chi connectivity index (χ0) is 12.0. The highest BCUT2D eigenvalue weighted by atomic mass is 16.5. The molecule has 0 radical (unpaired) electrons. The first kappa shape index (κ1) is 13.0. The number of carbonyl (C=O) groups excluding carboxylic acids is 2. The van der Waals surface area contributed by atoms with E-state index in [2.05, 4.69) is 19.2 Å². The first-order valence-electron chi connectivity index (χ1n) is 5.87. The van der Waals surface area contributed by atoms with Crippen molar-refractivity contribution < 1.29 is 14.3 Å². The lowest BCUT2D eigenvalue weighted by molar-refractivity contribution is -0.118. The molecule has 0 spiro atoms. The molecule has 0 saturated carbocycles. The summed E-state index contributed by atoms with van der Waals surface area (Å²) < 4.78 is 5.62. The number of urea groups is 1. The van der Waals surface area contributed by atoms with Crippen molar-refractivity contribution in [1.29, 1.82) is 0 Å². The van der Waals surface area contributed by atoms with E-state index < -0.39 is 0 Å². The van der Waals surface area contributed by atoms with E-state index >= 15 is 0 Å². The molecule has 5 nitrogen and oxygen atoms in total. The van der Waals surface area contributed by atoms with Crippen molar-refractivity contribution in [2.24, 2.45) is 0 Å². The molecule has 1 saturated heterocycles. The molecule has 1 rings (SSSR count). The Kier molecular flexibility index (Phi) is 5.25. The predicted molar refractivity (Wildman–Crippen MR) is 60.1 cm³/mol. The van der Waals surface area contributed by atoms with Crippen molar-refractivity contribution in [3.8, 4) is 0 Å². The topological polar surface area (TPSA) is 58.6 Å². The van der Waals surface area contributed by atoms with E-state index in [1.165, 1.54) is 4.90 Å². The molecular formula is C11H20N2O3. The van der Waals surface area contributed by atoms with Gasteiger partial charge in [0.1, 0.15) is 6.54 Å². The second-order valence-electron chi connectivity index (χ2n) is 3.94. The van der Waals surface area contributed by atoms with Crippen molar-refractivity contribution in [3.05, 3.63) is 0 Å². The van der Waals surface area contributed by atoms with Gasteiger partial charge in [0.2, 0.25) is 5.91 Å². The molecular weight excluding hydrogens is 208 g/mol. The maximum absolute atomic E-state index is 11.2. The maximum atomic E-state index is 11.2. The monoisotopic (exact) mass is 228 g/mol. The summed E-state index contributed by atoms with van der Waals surface area (Å²) in [5.41, 5.74) is 0. The van der Waals surface area contributed by atoms with Gasteiger partial charge in [-0.3, -0.25) is 10.1 Å². The fourth-order valence-corrected chi connectivity index (χ4v) is 1.69. The third kappa shape index (κ3) is 3.81. The molecule has 0 bridgehead atoms. The van der Waals surface area contributed by atoms with Crippen LogP contribution < -0.4 is 5.32 Å². The number of nitrogens with one attached hydrogen (secondary N) is 1. The normalized spacial score (nSPS) is 16.1. The Morgan fingerprint density at radius 2 is 2.06 bits per heavy atom. The summed E-state index contributed by atoms with van der Waals surface area (Å²) in [6.45, 7) is 5.60. The molecule has 0 unspecified atom stereocenters. The fourth-order valence-electron chi connectivity index (χ4n) is 1.69. The summed E-state index contributed by atoms with van der Waals surface area (Å²) in [5.74, 6) is -0.217. The van der Waals surface area contributed by atoms with Crippen molar-refractivity contribution in [2.75, 3.05) is 19.7 Å². The van der Waals surface area contributed by atoms with Gasteiger partial charge in [0.25, 0.3) is 0 Å². The summed E-state index contributed by atoms with van der Waals surface area (Å²) in [7, 11) is 0. The van der Waals surface area contributed by atoms with Gasteiger partial charge in [0, 0.05) is 13.2 Å². The minimum atomic E-state index is -0.285. The quantitative estimate of drug-likeness (QED) is 0.525. The third-order valence-electron chi connectivity index (χ3n) is 2.70. The van der Waals surface area contributed by atoms with Crippen LogP contribution in [-0.4, -0.2) is 42.6 Å². The van der Waals surface area contributed by atoms with E-state index in [4.69, 9.17) is 4.74 Å². The number of hydrogen-bond acceptors (Lipinski definition) is 3. The molecule has 16 heavy (non-hydrogen) atoms. The highest BCUT2D eigenvalue weighted by Gasteiger charge is 2.25. The standard InChI is InChI=1S/C11H20N2O3/c1-3-9(4-2)16-7-5-6-13-8-10(14)12-11(13)15/h9H,3-8H2,1-2H3,(H,12,14,15). The summed E-state index contributed by atoms with van der Waals surface area (Å²) in [6, 6.07) is -0.285. The highest BCUT2D eigenvalue weighted by Crippen LogP contribution is 2.04. The number of hydrogen-bond donors (Lipinski definition) is 1. The van der Waals surface area contributed by atoms with E-state index in [1.54, 1.807) is 0 Å². The Balaban J connectivity index is 2.11. The van der Waals surface area contributed by atoms with Gasteiger partial charge < -0.3 is 9.64 Å². The van der Waals surface area contributed by atoms with Gasteiger partial charge >= 0.3 is 6.03 Å². The Morgan fingerprint density at radius 1 is 1.38 bits per heavy atom. The van der Waals surface area contributed by atoms with Gasteiger partial charge in [-0.25, -0.2) is 4.79 Å². The molecule has 92 valence electrons. The van der Waals surface area contributed by atoms with Crippen LogP contribution in [0.4, 0.5) is 4.79 Å². The summed E-state index contributed by atoms with van der Waals surface area (Å²) in [5, 5.41) is 2.25. The van der Waals surface area contributed by atoms with Gasteiger partial charge in [-0.2, -0.15) is 0 Å². The zero-order valence-electron chi connectivity index (χ0n) is 9.99. The van der Waals surface area contributed by atoms with E-state index in [0.29, 0.717) is 19.3 Å². The number of ether oxygens (including phenoxy) is 1. The van der Waals surface area contributed by atoms with E-state index in [-0.39, 0.29) is 18.5 Å². The van der Waals surface area contributed by atoms with Crippen LogP contribution in [0.1, 0.15) is 33.1 Å². The van der Waals surface area contributed by atoms with Crippen LogP contribution in [0.5, 0.6) is 0 Å². The highest BCUT2D eigenvalue weighted by molar-refractivity contribution is 6.01. The SMILES string of the molecule is CCC(CC)OCCCN1CC(=O)NC1=O. The molecule has 1 heterocycles. The maximum Gasteiger partial charge on any atom is 0.324 e. The molecule has 0 atom stereocenters. The van der Waals surface area contributed by atoms with Crippen molar-refractivity contribution >= 4 is 11.9 Å². The molecule has 0 aliphatic carbocycles. The average Bonchev–Trinajstić information content (AvgIpc) is 2.58. The van der Waals surface area contributed by atoms with Crippen LogP contribution in [0.3, 0.4) is 0 Å². The predicted octanol–water partition coefficient (Wildman–Crippen LogP) is 1.13. The zero-order valence-corrected chi connectivity index (χ0v) is 9.99. The largest absolute Gasteiger partial charge is 0.378 e. The lowest BCUT2D eigenvalue weighted by Crippen LogP contribution is -2.30. The Labute approximate surface area is 96.1 Å². The summed E-state index contributed by atoms with van der Waals surface area (Å²) in [6.07, 6.45) is 3.12. The van der Waals surface area contributed by atoms with Gasteiger partial charge in [0.15, 0.2) is 0 Å². The Bertz CT molecular complexity index is 252. The second-order valence-corrected chi connectivity index (χ2v) is 3.94. The van der Waals surface area contributed by atoms with Crippen LogP contribution in [0.25, 0.3) is 0 Å². The fraction of sp³-hybridized carbons (Fsp3) is 0.818. The average molecular weight is 228 g/mol. The van der Waals surface area contributed by atoms with Crippen LogP contribution in [0.2, 0.25) is 0 Å². The van der Waals surface area contributed by atoms with Gasteiger partial charge in [-0.15, -0.1) is 0 Å². The van der Waals surface area contributed by atoms with Crippen LogP contribution in [0.15, 0.2) is 0 Å². The summed E-state index contributed by atoms with van der Waals surface area (Å²) in [4.78, 5) is 23.6. The van der Waals surface area contributed by atoms with Crippen molar-refractivity contribution in [3.63, 3.8) is 0 Å². The van der Waals surface area contributed by atoms with Gasteiger partial charge in [-0.1, -0.05) is 13.8 Å². The Hall–Kier alpha value is -1.10. The van der Waals surface area contributed by atoms with Gasteiger partial charge in [-0.05, 0) is 19.3 Å². The molecule has 3 amide bonds. The van der Waals surface area contributed by atoms with Crippen LogP contribution in [-0.2, 0) is 9.53 Å². The van der Waals surface area contributed by atoms with Crippen molar-refractivity contribution in [1.82, 2.24) is 10.2 Å². The molecule has 1 fully saturated rings. The smallest absolute Gasteiger partial charge is 0.324 e. The van der Waals surface area contributed by atoms with Crippen LogP contribution >= 0.6 is 0 Å². The minimum Gasteiger partial charge on any atom is -0.378 e. The number of imide groups is 1. The third-order valence-corrected chi connectivity index (χ3v) is 2.70. The molecule has 0 aromatic rings. The molecule has 0 aromatic carbocycles. The first-order valence-corrected chi connectivity index (χ1v) is 5.87. The van der Waals surface area contributed by atoms with Crippen molar-refractivity contribution in [2.45, 2.75) is 39.2 Å². The molecule has 5 heteroatoms. The van der Waals surface area contributed by atoms with Crippen LogP contribution in [0, 0.1) is 0 Å².